The normalized spacial score (nSPS) is 24.7. The summed E-state index contributed by atoms with van der Waals surface area (Å²) in [6.07, 6.45) is 35.0. The van der Waals surface area contributed by atoms with Gasteiger partial charge in [-0.15, -0.1) is 0 Å². The maximum Gasteiger partial charge on any atom is 0.134 e. The van der Waals surface area contributed by atoms with E-state index in [0.717, 1.165) is 44.4 Å². The fourth-order valence-corrected chi connectivity index (χ4v) is 8.50. The molecule has 1 aliphatic heterocycles. The third kappa shape index (κ3) is 4.66. The lowest BCUT2D eigenvalue weighted by Gasteiger charge is -2.37. The summed E-state index contributed by atoms with van der Waals surface area (Å²) in [5.41, 5.74) is 13.5. The van der Waals surface area contributed by atoms with Gasteiger partial charge < -0.3 is 5.32 Å². The van der Waals surface area contributed by atoms with Gasteiger partial charge in [-0.2, -0.15) is 0 Å². The molecular weight excluding hydrogens is 556 g/mol. The van der Waals surface area contributed by atoms with Crippen LogP contribution in [-0.4, -0.2) is 11.9 Å². The van der Waals surface area contributed by atoms with Crippen LogP contribution in [0, 0.1) is 5.92 Å². The molecular formula is C44H40N2. The van der Waals surface area contributed by atoms with E-state index >= 15 is 0 Å². The van der Waals surface area contributed by atoms with E-state index in [9.17, 15) is 0 Å². The van der Waals surface area contributed by atoms with Crippen LogP contribution >= 0.6 is 0 Å². The van der Waals surface area contributed by atoms with Crippen molar-refractivity contribution >= 4 is 16.6 Å². The summed E-state index contributed by atoms with van der Waals surface area (Å²) in [5.74, 6) is 1.76. The van der Waals surface area contributed by atoms with Crippen molar-refractivity contribution in [3.63, 3.8) is 0 Å². The van der Waals surface area contributed by atoms with Gasteiger partial charge in [-0.3, -0.25) is 0 Å². The Morgan fingerprint density at radius 2 is 1.57 bits per heavy atom. The number of amidine groups is 1. The number of aliphatic imine (C=N–C) groups is 1. The molecule has 0 amide bonds. The summed E-state index contributed by atoms with van der Waals surface area (Å²) in [4.78, 5) is 5.51. The van der Waals surface area contributed by atoms with E-state index in [-0.39, 0.29) is 6.04 Å². The van der Waals surface area contributed by atoms with E-state index in [0.29, 0.717) is 11.8 Å². The quantitative estimate of drug-likeness (QED) is 0.243. The van der Waals surface area contributed by atoms with Crippen LogP contribution in [0.4, 0.5) is 0 Å². The molecule has 1 heterocycles. The summed E-state index contributed by atoms with van der Waals surface area (Å²) >= 11 is 0. The molecule has 226 valence electrons. The van der Waals surface area contributed by atoms with Crippen LogP contribution in [0.3, 0.4) is 0 Å². The molecule has 46 heavy (non-hydrogen) atoms. The van der Waals surface area contributed by atoms with Crippen LogP contribution in [0.5, 0.6) is 0 Å². The number of rotatable bonds is 5. The second-order valence-corrected chi connectivity index (χ2v) is 13.5. The van der Waals surface area contributed by atoms with Gasteiger partial charge in [0.2, 0.25) is 0 Å². The van der Waals surface area contributed by atoms with E-state index in [2.05, 4.69) is 127 Å². The van der Waals surface area contributed by atoms with Gasteiger partial charge in [0.05, 0.1) is 11.7 Å². The molecule has 0 spiro atoms. The first-order valence-electron chi connectivity index (χ1n) is 17.4. The molecule has 3 atom stereocenters. The molecule has 3 aromatic rings. The number of nitrogens with one attached hydrogen (secondary N) is 1. The van der Waals surface area contributed by atoms with Crippen LogP contribution in [0.25, 0.3) is 33.0 Å². The molecule has 5 aliphatic carbocycles. The number of benzene rings is 3. The topological polar surface area (TPSA) is 24.4 Å². The van der Waals surface area contributed by atoms with E-state index in [1.54, 1.807) is 0 Å². The van der Waals surface area contributed by atoms with Crippen LogP contribution in [0.2, 0.25) is 0 Å². The minimum atomic E-state index is 0.186. The van der Waals surface area contributed by atoms with Crippen molar-refractivity contribution in [2.24, 2.45) is 10.9 Å². The molecule has 3 unspecified atom stereocenters. The Kier molecular flexibility index (Phi) is 6.96. The smallest absolute Gasteiger partial charge is 0.134 e. The zero-order valence-corrected chi connectivity index (χ0v) is 26.4. The predicted octanol–water partition coefficient (Wildman–Crippen LogP) is 11.0. The van der Waals surface area contributed by atoms with Crippen molar-refractivity contribution in [2.45, 2.75) is 63.3 Å². The van der Waals surface area contributed by atoms with Crippen molar-refractivity contribution in [3.05, 3.63) is 155 Å². The number of hydrogen-bond donors (Lipinski definition) is 1. The van der Waals surface area contributed by atoms with Gasteiger partial charge >= 0.3 is 0 Å². The lowest BCUT2D eigenvalue weighted by Crippen LogP contribution is -2.45. The lowest BCUT2D eigenvalue weighted by atomic mass is 9.79. The van der Waals surface area contributed by atoms with Crippen molar-refractivity contribution in [3.8, 4) is 22.3 Å². The third-order valence-electron chi connectivity index (χ3n) is 10.8. The summed E-state index contributed by atoms with van der Waals surface area (Å²) in [6.45, 7) is 0. The predicted molar refractivity (Wildman–Crippen MR) is 194 cm³/mol. The van der Waals surface area contributed by atoms with E-state index in [4.69, 9.17) is 4.99 Å². The number of nitrogens with zero attached hydrogens (tertiary/aromatic N) is 1. The molecule has 9 rings (SSSR count). The van der Waals surface area contributed by atoms with E-state index in [1.807, 2.05) is 0 Å². The Labute approximate surface area is 272 Å². The summed E-state index contributed by atoms with van der Waals surface area (Å²) in [5, 5.41) is 6.81. The molecule has 0 bridgehead atoms. The maximum absolute atomic E-state index is 5.51. The first-order chi connectivity index (χ1) is 22.8. The molecule has 1 N–H and O–H groups in total. The lowest BCUT2D eigenvalue weighted by molar-refractivity contribution is 0.510. The van der Waals surface area contributed by atoms with Crippen molar-refractivity contribution in [1.82, 2.24) is 5.32 Å². The molecule has 3 aromatic carbocycles. The Morgan fingerprint density at radius 3 is 2.33 bits per heavy atom. The largest absolute Gasteiger partial charge is 0.362 e. The van der Waals surface area contributed by atoms with Gasteiger partial charge in [-0.05, 0) is 101 Å². The highest BCUT2D eigenvalue weighted by Gasteiger charge is 2.34. The minimum absolute atomic E-state index is 0.186. The molecule has 0 fully saturated rings. The molecule has 6 aliphatic rings. The van der Waals surface area contributed by atoms with Gasteiger partial charge in [-0.25, -0.2) is 4.99 Å². The molecule has 0 radical (unpaired) electrons. The average molecular weight is 597 g/mol. The Bertz CT molecular complexity index is 2010. The van der Waals surface area contributed by atoms with E-state index < -0.39 is 0 Å². The number of fused-ring (bicyclic) bond motifs is 3. The number of hydrogen-bond acceptors (Lipinski definition) is 2. The monoisotopic (exact) mass is 596 g/mol. The van der Waals surface area contributed by atoms with E-state index in [1.165, 1.54) is 79.4 Å². The highest BCUT2D eigenvalue weighted by atomic mass is 15.1. The summed E-state index contributed by atoms with van der Waals surface area (Å²) in [6, 6.07) is 20.6. The van der Waals surface area contributed by atoms with Gasteiger partial charge in [0.15, 0.2) is 0 Å². The Morgan fingerprint density at radius 1 is 0.674 bits per heavy atom. The Hall–Kier alpha value is -4.69. The fraction of sp³-hybridized carbons (Fsp3) is 0.250. The average Bonchev–Trinajstić information content (AvgIpc) is 3.47. The van der Waals surface area contributed by atoms with Crippen molar-refractivity contribution in [2.75, 3.05) is 0 Å². The molecule has 2 heteroatoms. The molecule has 2 nitrogen and oxygen atoms in total. The summed E-state index contributed by atoms with van der Waals surface area (Å²) in [7, 11) is 0. The highest BCUT2D eigenvalue weighted by molar-refractivity contribution is 6.16. The van der Waals surface area contributed by atoms with Gasteiger partial charge in [0.1, 0.15) is 5.84 Å². The maximum atomic E-state index is 5.51. The SMILES string of the molecule is C1=CCC(C2NC(C3=CCC(c4ccc5c6c(cccc46)-c4ccccc4-5)C=C3)=NC(C3=CCCCC3)=C2C2=CCCC=C2)C=C1. The zero-order chi connectivity index (χ0) is 30.5. The van der Waals surface area contributed by atoms with Gasteiger partial charge in [-0.1, -0.05) is 121 Å². The number of allylic oxidation sites excluding steroid dienone is 10. The first-order valence-corrected chi connectivity index (χ1v) is 17.4. The van der Waals surface area contributed by atoms with Gasteiger partial charge in [0, 0.05) is 23.0 Å². The fourth-order valence-electron chi connectivity index (χ4n) is 8.50. The van der Waals surface area contributed by atoms with Crippen molar-refractivity contribution < 1.29 is 0 Å². The second-order valence-electron chi connectivity index (χ2n) is 13.5. The Balaban J connectivity index is 1.09. The summed E-state index contributed by atoms with van der Waals surface area (Å²) < 4.78 is 0. The zero-order valence-electron chi connectivity index (χ0n) is 26.4. The van der Waals surface area contributed by atoms with Gasteiger partial charge in [0.25, 0.3) is 0 Å². The first kappa shape index (κ1) is 27.6. The molecule has 0 saturated carbocycles. The highest BCUT2D eigenvalue weighted by Crippen LogP contribution is 2.49. The molecule has 0 aromatic heterocycles. The van der Waals surface area contributed by atoms with Crippen LogP contribution in [0.1, 0.15) is 62.8 Å². The van der Waals surface area contributed by atoms with Crippen LogP contribution < -0.4 is 5.32 Å². The standard InChI is InChI=1S/C44H40N2/c1-4-13-30(14-5-1)40-42(31-15-6-2-7-16-31)45-44(46-43(40)32-17-8-3-9-18-32)33-25-23-29(24-26-33)34-27-28-39-36-20-11-10-19-35(36)38-22-12-21-37(34)41(38)39/h2,4,6-7,10-15,17,19-23,25-29,31,42H,1,3,5,8-9,16,18,24H2,(H,45,46). The van der Waals surface area contributed by atoms with Crippen LogP contribution in [-0.2, 0) is 0 Å². The van der Waals surface area contributed by atoms with Crippen LogP contribution in [0.15, 0.2) is 154 Å². The third-order valence-corrected chi connectivity index (χ3v) is 10.8. The molecule has 0 saturated heterocycles. The van der Waals surface area contributed by atoms with Crippen molar-refractivity contribution in [1.29, 1.82) is 0 Å². The minimum Gasteiger partial charge on any atom is -0.362 e. The second kappa shape index (κ2) is 11.6.